The Bertz CT molecular complexity index is 1620. The SMILES string of the molecule is Cc1ccc2c(n1)oc1c(N3c4ccccc4N(c4c(C(C)C)cccc4C(C)C)C3C)c(C)ccc12. The van der Waals surface area contributed by atoms with Gasteiger partial charge in [0.2, 0.25) is 5.71 Å². The molecule has 37 heavy (non-hydrogen) atoms. The first-order valence-corrected chi connectivity index (χ1v) is 13.4. The first-order valence-electron chi connectivity index (χ1n) is 13.4. The lowest BCUT2D eigenvalue weighted by atomic mass is 9.91. The van der Waals surface area contributed by atoms with Crippen LogP contribution in [0.25, 0.3) is 22.1 Å². The molecule has 0 spiro atoms. The van der Waals surface area contributed by atoms with E-state index in [-0.39, 0.29) is 6.17 Å². The Hall–Kier alpha value is -3.79. The number of rotatable bonds is 4. The van der Waals surface area contributed by atoms with Crippen LogP contribution in [0.5, 0.6) is 0 Å². The molecule has 3 aromatic carbocycles. The van der Waals surface area contributed by atoms with Gasteiger partial charge in [0.1, 0.15) is 6.17 Å². The number of hydrogen-bond donors (Lipinski definition) is 0. The lowest BCUT2D eigenvalue weighted by Crippen LogP contribution is -2.37. The smallest absolute Gasteiger partial charge is 0.227 e. The quantitative estimate of drug-likeness (QED) is 0.252. The van der Waals surface area contributed by atoms with Crippen LogP contribution in [0.4, 0.5) is 22.7 Å². The molecular weight excluding hydrogens is 454 g/mol. The molecule has 4 nitrogen and oxygen atoms in total. The lowest BCUT2D eigenvalue weighted by Gasteiger charge is -2.34. The van der Waals surface area contributed by atoms with Gasteiger partial charge in [0.05, 0.1) is 22.7 Å². The van der Waals surface area contributed by atoms with Crippen molar-refractivity contribution >= 4 is 44.8 Å². The molecule has 0 amide bonds. The van der Waals surface area contributed by atoms with Gasteiger partial charge in [-0.3, -0.25) is 0 Å². The monoisotopic (exact) mass is 489 g/mol. The van der Waals surface area contributed by atoms with Gasteiger partial charge in [-0.25, -0.2) is 4.98 Å². The lowest BCUT2D eigenvalue weighted by molar-refractivity contribution is 0.647. The summed E-state index contributed by atoms with van der Waals surface area (Å²) < 4.78 is 6.51. The zero-order chi connectivity index (χ0) is 26.0. The van der Waals surface area contributed by atoms with Crippen molar-refractivity contribution in [3.63, 3.8) is 0 Å². The van der Waals surface area contributed by atoms with Crippen molar-refractivity contribution in [1.29, 1.82) is 0 Å². The average molecular weight is 490 g/mol. The highest BCUT2D eigenvalue weighted by Crippen LogP contribution is 2.53. The van der Waals surface area contributed by atoms with E-state index in [0.29, 0.717) is 17.5 Å². The van der Waals surface area contributed by atoms with Gasteiger partial charge in [0.25, 0.3) is 0 Å². The number of pyridine rings is 1. The summed E-state index contributed by atoms with van der Waals surface area (Å²) in [6.07, 6.45) is 0.0574. The molecule has 0 saturated carbocycles. The zero-order valence-corrected chi connectivity index (χ0v) is 22.8. The Balaban J connectivity index is 1.63. The van der Waals surface area contributed by atoms with E-state index < -0.39 is 0 Å². The second-order valence-corrected chi connectivity index (χ2v) is 11.0. The maximum Gasteiger partial charge on any atom is 0.227 e. The molecule has 3 heterocycles. The van der Waals surface area contributed by atoms with Crippen LogP contribution in [-0.2, 0) is 0 Å². The molecule has 2 aromatic heterocycles. The molecule has 0 bridgehead atoms. The first-order chi connectivity index (χ1) is 17.8. The molecule has 188 valence electrons. The fraction of sp³-hybridized carbons (Fsp3) is 0.303. The van der Waals surface area contributed by atoms with Crippen molar-refractivity contribution < 1.29 is 4.42 Å². The summed E-state index contributed by atoms with van der Waals surface area (Å²) in [5, 5.41) is 2.17. The van der Waals surface area contributed by atoms with Crippen LogP contribution in [-0.4, -0.2) is 11.1 Å². The van der Waals surface area contributed by atoms with Gasteiger partial charge in [0.15, 0.2) is 5.58 Å². The van der Waals surface area contributed by atoms with Crippen LogP contribution in [0.1, 0.15) is 68.8 Å². The van der Waals surface area contributed by atoms with Crippen LogP contribution in [0.2, 0.25) is 0 Å². The van der Waals surface area contributed by atoms with Crippen molar-refractivity contribution in [1.82, 2.24) is 4.98 Å². The summed E-state index contributed by atoms with van der Waals surface area (Å²) in [4.78, 5) is 9.71. The topological polar surface area (TPSA) is 32.5 Å². The summed E-state index contributed by atoms with van der Waals surface area (Å²) in [6.45, 7) is 15.7. The highest BCUT2D eigenvalue weighted by molar-refractivity contribution is 6.10. The van der Waals surface area contributed by atoms with Gasteiger partial charge < -0.3 is 14.2 Å². The molecule has 1 aliphatic heterocycles. The molecular formula is C33H35N3O. The highest BCUT2D eigenvalue weighted by Gasteiger charge is 2.39. The van der Waals surface area contributed by atoms with Gasteiger partial charge in [-0.2, -0.15) is 0 Å². The Kier molecular flexibility index (Phi) is 5.52. The van der Waals surface area contributed by atoms with Crippen molar-refractivity contribution in [2.45, 2.75) is 66.5 Å². The first kappa shape index (κ1) is 23.6. The highest BCUT2D eigenvalue weighted by atomic mass is 16.3. The Morgan fingerprint density at radius 1 is 0.703 bits per heavy atom. The van der Waals surface area contributed by atoms with E-state index in [9.17, 15) is 0 Å². The summed E-state index contributed by atoms with van der Waals surface area (Å²) >= 11 is 0. The number of nitrogens with zero attached hydrogens (tertiary/aromatic N) is 3. The molecule has 0 N–H and O–H groups in total. The third kappa shape index (κ3) is 3.53. The number of para-hydroxylation sites is 3. The maximum atomic E-state index is 6.51. The standard InChI is InChI=1S/C33H35N3O/c1-19(2)24-11-10-12-25(20(3)4)31(24)36-23(7)35(28-13-8-9-14-29(28)36)30-21(5)15-17-26-27-18-16-22(6)34-33(27)37-32(26)30/h8-20,23H,1-7H3. The minimum Gasteiger partial charge on any atom is -0.435 e. The Morgan fingerprint density at radius 3 is 1.92 bits per heavy atom. The number of hydrogen-bond acceptors (Lipinski definition) is 4. The minimum absolute atomic E-state index is 0.0574. The molecule has 5 aromatic rings. The van der Waals surface area contributed by atoms with Gasteiger partial charge in [-0.15, -0.1) is 0 Å². The maximum absolute atomic E-state index is 6.51. The van der Waals surface area contributed by atoms with E-state index in [4.69, 9.17) is 9.40 Å². The fourth-order valence-electron chi connectivity index (χ4n) is 5.99. The third-order valence-electron chi connectivity index (χ3n) is 7.79. The van der Waals surface area contributed by atoms with Crippen LogP contribution in [0, 0.1) is 13.8 Å². The van der Waals surface area contributed by atoms with Gasteiger partial charge in [-0.05, 0) is 73.6 Å². The molecule has 4 heteroatoms. The van der Waals surface area contributed by atoms with Crippen molar-refractivity contribution in [2.75, 3.05) is 9.80 Å². The van der Waals surface area contributed by atoms with Crippen molar-refractivity contribution in [3.8, 4) is 0 Å². The van der Waals surface area contributed by atoms with Gasteiger partial charge in [0, 0.05) is 16.5 Å². The number of aromatic nitrogens is 1. The van der Waals surface area contributed by atoms with E-state index in [2.05, 4.69) is 118 Å². The molecule has 6 rings (SSSR count). The molecule has 1 unspecified atom stereocenters. The summed E-state index contributed by atoms with van der Waals surface area (Å²) in [5.74, 6) is 0.828. The van der Waals surface area contributed by atoms with Crippen molar-refractivity contribution in [3.05, 3.63) is 89.1 Å². The molecule has 0 aliphatic carbocycles. The third-order valence-corrected chi connectivity index (χ3v) is 7.79. The Labute approximate surface area is 219 Å². The molecule has 1 aliphatic rings. The van der Waals surface area contributed by atoms with E-state index in [1.165, 1.54) is 33.8 Å². The zero-order valence-electron chi connectivity index (χ0n) is 22.8. The fourth-order valence-corrected chi connectivity index (χ4v) is 5.99. The van der Waals surface area contributed by atoms with E-state index in [1.807, 2.05) is 6.92 Å². The van der Waals surface area contributed by atoms with Crippen LogP contribution in [0.15, 0.2) is 71.1 Å². The van der Waals surface area contributed by atoms with E-state index >= 15 is 0 Å². The second-order valence-electron chi connectivity index (χ2n) is 11.0. The van der Waals surface area contributed by atoms with Crippen LogP contribution in [0.3, 0.4) is 0 Å². The summed E-state index contributed by atoms with van der Waals surface area (Å²) in [5.41, 5.74) is 11.4. The minimum atomic E-state index is 0.0574. The molecule has 1 atom stereocenters. The Morgan fingerprint density at radius 2 is 1.30 bits per heavy atom. The molecule has 0 fully saturated rings. The number of fused-ring (bicyclic) bond motifs is 4. The average Bonchev–Trinajstić information content (AvgIpc) is 3.37. The molecule has 0 saturated heterocycles. The normalized spacial score (nSPS) is 15.5. The van der Waals surface area contributed by atoms with Crippen LogP contribution < -0.4 is 9.80 Å². The van der Waals surface area contributed by atoms with Crippen molar-refractivity contribution in [2.24, 2.45) is 0 Å². The number of anilines is 4. The number of aryl methyl sites for hydroxylation is 2. The summed E-state index contributed by atoms with van der Waals surface area (Å²) in [7, 11) is 0. The number of furan rings is 1. The van der Waals surface area contributed by atoms with E-state index in [0.717, 1.165) is 27.7 Å². The largest absolute Gasteiger partial charge is 0.435 e. The second kappa shape index (κ2) is 8.65. The van der Waals surface area contributed by atoms with Crippen LogP contribution >= 0.6 is 0 Å². The number of benzene rings is 3. The predicted molar refractivity (Wildman–Crippen MR) is 156 cm³/mol. The predicted octanol–water partition coefficient (Wildman–Crippen LogP) is 9.48. The van der Waals surface area contributed by atoms with Gasteiger partial charge >= 0.3 is 0 Å². The van der Waals surface area contributed by atoms with Gasteiger partial charge in [-0.1, -0.05) is 70.2 Å². The summed E-state index contributed by atoms with van der Waals surface area (Å²) in [6, 6.07) is 24.2. The van der Waals surface area contributed by atoms with E-state index in [1.54, 1.807) is 0 Å². The molecule has 0 radical (unpaired) electrons.